The summed E-state index contributed by atoms with van der Waals surface area (Å²) < 4.78 is 0. The number of nitrogens with two attached hydrogens (primary N) is 1. The van der Waals surface area contributed by atoms with E-state index < -0.39 is 0 Å². The van der Waals surface area contributed by atoms with Crippen molar-refractivity contribution in [3.63, 3.8) is 0 Å². The van der Waals surface area contributed by atoms with E-state index >= 15 is 0 Å². The predicted octanol–water partition coefficient (Wildman–Crippen LogP) is 3.02. The van der Waals surface area contributed by atoms with E-state index in [1.807, 2.05) is 13.8 Å². The van der Waals surface area contributed by atoms with Gasteiger partial charge < -0.3 is 5.73 Å². The molecule has 2 aromatic heterocycles. The topological polar surface area (TPSA) is 64.7 Å². The number of rotatable bonds is 2. The third-order valence-electron chi connectivity index (χ3n) is 3.30. The Morgan fingerprint density at radius 1 is 1.16 bits per heavy atom. The highest BCUT2D eigenvalue weighted by Gasteiger charge is 2.18. The number of anilines is 1. The highest BCUT2D eigenvalue weighted by Crippen LogP contribution is 2.25. The van der Waals surface area contributed by atoms with Crippen molar-refractivity contribution < 1.29 is 0 Å². The molecule has 0 saturated carbocycles. The summed E-state index contributed by atoms with van der Waals surface area (Å²) in [6, 6.07) is 0. The van der Waals surface area contributed by atoms with Crippen LogP contribution in [-0.2, 0) is 11.8 Å². The maximum absolute atomic E-state index is 5.76. The Balaban J connectivity index is 2.27. The van der Waals surface area contributed by atoms with Crippen molar-refractivity contribution in [2.75, 3.05) is 5.73 Å². The molecule has 0 aliphatic rings. The summed E-state index contributed by atoms with van der Waals surface area (Å²) in [5, 5.41) is 11.4. The van der Waals surface area contributed by atoms with Crippen LogP contribution in [-0.4, -0.2) is 15.2 Å². The fraction of sp³-hybridized carbons (Fsp3) is 0.500. The maximum atomic E-state index is 5.76. The summed E-state index contributed by atoms with van der Waals surface area (Å²) in [6.45, 7) is 10.5. The van der Waals surface area contributed by atoms with Crippen LogP contribution in [0, 0.1) is 13.8 Å². The minimum absolute atomic E-state index is 0.0898. The minimum Gasteiger partial charge on any atom is -0.382 e. The molecule has 0 unspecified atom stereocenters. The monoisotopic (exact) mass is 276 g/mol. The van der Waals surface area contributed by atoms with Gasteiger partial charge in [-0.25, -0.2) is 4.98 Å². The number of hydrogen-bond donors (Lipinski definition) is 1. The Hall–Kier alpha value is -1.49. The lowest BCUT2D eigenvalue weighted by atomic mass is 9.93. The smallest absolute Gasteiger partial charge is 0.149 e. The van der Waals surface area contributed by atoms with E-state index in [1.165, 1.54) is 0 Å². The third-order valence-corrected chi connectivity index (χ3v) is 4.15. The molecule has 0 aromatic carbocycles. The molecule has 2 N–H and O–H groups in total. The summed E-state index contributed by atoms with van der Waals surface area (Å²) in [4.78, 5) is 4.69. The highest BCUT2D eigenvalue weighted by molar-refractivity contribution is 7.09. The van der Waals surface area contributed by atoms with Crippen LogP contribution in [0.2, 0.25) is 0 Å². The molecule has 2 aromatic rings. The lowest BCUT2D eigenvalue weighted by Crippen LogP contribution is -2.11. The van der Waals surface area contributed by atoms with Crippen LogP contribution in [0.4, 0.5) is 5.82 Å². The van der Waals surface area contributed by atoms with E-state index in [0.717, 1.165) is 33.9 Å². The van der Waals surface area contributed by atoms with Crippen molar-refractivity contribution in [1.82, 2.24) is 15.2 Å². The molecule has 0 spiro atoms. The third kappa shape index (κ3) is 2.92. The van der Waals surface area contributed by atoms with Crippen LogP contribution in [0.5, 0.6) is 0 Å². The zero-order valence-electron chi connectivity index (χ0n) is 12.1. The van der Waals surface area contributed by atoms with Gasteiger partial charge in [0.2, 0.25) is 0 Å². The lowest BCUT2D eigenvalue weighted by Gasteiger charge is -2.14. The van der Waals surface area contributed by atoms with Crippen LogP contribution in [0.25, 0.3) is 0 Å². The van der Waals surface area contributed by atoms with Crippen molar-refractivity contribution in [2.45, 2.75) is 46.5 Å². The molecule has 19 heavy (non-hydrogen) atoms. The quantitative estimate of drug-likeness (QED) is 0.915. The lowest BCUT2D eigenvalue weighted by molar-refractivity contribution is 0.571. The largest absolute Gasteiger partial charge is 0.382 e. The molecule has 0 aliphatic carbocycles. The van der Waals surface area contributed by atoms with Crippen molar-refractivity contribution in [3.8, 4) is 0 Å². The summed E-state index contributed by atoms with van der Waals surface area (Å²) in [5.41, 5.74) is 10.1. The van der Waals surface area contributed by atoms with Crippen LogP contribution in [0.15, 0.2) is 5.38 Å². The second-order valence-electron chi connectivity index (χ2n) is 5.84. The van der Waals surface area contributed by atoms with Gasteiger partial charge in [0.1, 0.15) is 5.82 Å². The molecular formula is C14H20N4S. The van der Waals surface area contributed by atoms with Crippen molar-refractivity contribution in [1.29, 1.82) is 0 Å². The molecule has 102 valence electrons. The van der Waals surface area contributed by atoms with Crippen molar-refractivity contribution in [2.24, 2.45) is 0 Å². The fourth-order valence-electron chi connectivity index (χ4n) is 1.72. The molecule has 0 radical (unpaired) electrons. The molecule has 2 rings (SSSR count). The second-order valence-corrected chi connectivity index (χ2v) is 6.78. The summed E-state index contributed by atoms with van der Waals surface area (Å²) >= 11 is 1.68. The van der Waals surface area contributed by atoms with E-state index in [0.29, 0.717) is 5.82 Å². The summed E-state index contributed by atoms with van der Waals surface area (Å²) in [5.74, 6) is 0.510. The molecule has 0 fully saturated rings. The molecule has 0 bridgehead atoms. The van der Waals surface area contributed by atoms with Crippen molar-refractivity contribution >= 4 is 17.2 Å². The van der Waals surface area contributed by atoms with Gasteiger partial charge in [0, 0.05) is 17.2 Å². The zero-order chi connectivity index (χ0) is 14.2. The van der Waals surface area contributed by atoms with Gasteiger partial charge >= 0.3 is 0 Å². The van der Waals surface area contributed by atoms with Gasteiger partial charge in [-0.15, -0.1) is 16.4 Å². The number of hydrogen-bond acceptors (Lipinski definition) is 5. The van der Waals surface area contributed by atoms with Crippen LogP contribution >= 0.6 is 11.3 Å². The number of nitrogens with zero attached hydrogens (tertiary/aromatic N) is 3. The van der Waals surface area contributed by atoms with Crippen LogP contribution in [0.1, 0.15) is 48.3 Å². The first-order chi connectivity index (χ1) is 8.79. The summed E-state index contributed by atoms with van der Waals surface area (Å²) in [6.07, 6.45) is 0.723. The van der Waals surface area contributed by atoms with E-state index in [9.17, 15) is 0 Å². The van der Waals surface area contributed by atoms with Crippen LogP contribution < -0.4 is 5.73 Å². The van der Waals surface area contributed by atoms with Gasteiger partial charge in [0.05, 0.1) is 16.4 Å². The van der Waals surface area contributed by atoms with Gasteiger partial charge in [-0.3, -0.25) is 0 Å². The minimum atomic E-state index is 0.0898. The first-order valence-corrected chi connectivity index (χ1v) is 7.20. The molecule has 0 saturated heterocycles. The Morgan fingerprint density at radius 3 is 2.42 bits per heavy atom. The Labute approximate surface area is 118 Å². The number of aromatic nitrogens is 3. The summed E-state index contributed by atoms with van der Waals surface area (Å²) in [7, 11) is 0. The Morgan fingerprint density at radius 2 is 1.84 bits per heavy atom. The number of nitrogen functional groups attached to an aromatic ring is 1. The Kier molecular flexibility index (Phi) is 3.58. The van der Waals surface area contributed by atoms with E-state index in [4.69, 9.17) is 5.73 Å². The molecule has 0 amide bonds. The van der Waals surface area contributed by atoms with Crippen LogP contribution in [0.3, 0.4) is 0 Å². The average molecular weight is 276 g/mol. The Bertz CT molecular complexity index is 596. The average Bonchev–Trinajstić information content (AvgIpc) is 2.78. The number of thiazole rings is 1. The van der Waals surface area contributed by atoms with Gasteiger partial charge in [-0.2, -0.15) is 5.10 Å². The highest BCUT2D eigenvalue weighted by atomic mass is 32.1. The molecule has 0 aliphatic heterocycles. The molecule has 2 heterocycles. The standard InChI is InChI=1S/C14H20N4S/c1-8-9(2)13(15)18-17-10(8)6-12-16-11(7-19-12)14(3,4)5/h7H,6H2,1-5H3,(H2,15,18). The predicted molar refractivity (Wildman–Crippen MR) is 79.5 cm³/mol. The maximum Gasteiger partial charge on any atom is 0.149 e. The fourth-order valence-corrected chi connectivity index (χ4v) is 2.75. The molecule has 4 nitrogen and oxygen atoms in total. The molecule has 5 heteroatoms. The van der Waals surface area contributed by atoms with Crippen molar-refractivity contribution in [3.05, 3.63) is 32.9 Å². The van der Waals surface area contributed by atoms with Gasteiger partial charge in [-0.1, -0.05) is 20.8 Å². The zero-order valence-corrected chi connectivity index (χ0v) is 12.9. The molecular weight excluding hydrogens is 256 g/mol. The van der Waals surface area contributed by atoms with E-state index in [1.54, 1.807) is 11.3 Å². The molecule has 0 atom stereocenters. The first-order valence-electron chi connectivity index (χ1n) is 6.32. The SMILES string of the molecule is Cc1c(N)nnc(Cc2nc(C(C)(C)C)cs2)c1C. The second kappa shape index (κ2) is 4.89. The van der Waals surface area contributed by atoms with Gasteiger partial charge in [0.25, 0.3) is 0 Å². The first kappa shape index (κ1) is 13.9. The van der Waals surface area contributed by atoms with Gasteiger partial charge in [-0.05, 0) is 25.0 Å². The van der Waals surface area contributed by atoms with E-state index in [-0.39, 0.29) is 5.41 Å². The van der Waals surface area contributed by atoms with E-state index in [2.05, 4.69) is 41.3 Å². The van der Waals surface area contributed by atoms with Gasteiger partial charge in [0.15, 0.2) is 0 Å². The normalized spacial score (nSPS) is 11.8.